The molecule has 2 aromatic carbocycles. The molecule has 1 saturated heterocycles. The van der Waals surface area contributed by atoms with Crippen molar-refractivity contribution in [2.24, 2.45) is 10.2 Å². The topological polar surface area (TPSA) is 115 Å². The number of ether oxygens (including phenoxy) is 4. The predicted molar refractivity (Wildman–Crippen MR) is 141 cm³/mol. The Hall–Kier alpha value is -4.38. The van der Waals surface area contributed by atoms with Crippen LogP contribution in [0.1, 0.15) is 16.9 Å². The summed E-state index contributed by atoms with van der Waals surface area (Å²) in [5.41, 5.74) is 1.35. The second kappa shape index (κ2) is 11.6. The third-order valence-corrected chi connectivity index (χ3v) is 6.34. The Morgan fingerprint density at radius 1 is 0.946 bits per heavy atom. The fourth-order valence-corrected chi connectivity index (χ4v) is 4.44. The lowest BCUT2D eigenvalue weighted by Crippen LogP contribution is -2.28. The molecule has 1 amide bonds. The first kappa shape index (κ1) is 25.7. The van der Waals surface area contributed by atoms with Crippen molar-refractivity contribution in [3.63, 3.8) is 0 Å². The fraction of sp³-hybridized carbons (Fsp3) is 0.192. The zero-order chi connectivity index (χ0) is 26.4. The van der Waals surface area contributed by atoms with Gasteiger partial charge in [0.1, 0.15) is 5.76 Å². The SMILES string of the molecule is COc1ccc(/C=N\N=C2\S/C(=C\c3cc(OC)c(O)c(OC)c3)C(=O)N2Cc2ccco2)cc1OC. The zero-order valence-corrected chi connectivity index (χ0v) is 21.4. The summed E-state index contributed by atoms with van der Waals surface area (Å²) in [5, 5.41) is 19.1. The smallest absolute Gasteiger partial charge is 0.267 e. The van der Waals surface area contributed by atoms with Gasteiger partial charge in [-0.3, -0.25) is 9.69 Å². The van der Waals surface area contributed by atoms with Gasteiger partial charge in [0.05, 0.1) is 52.4 Å². The first-order valence-electron chi connectivity index (χ1n) is 11.0. The molecule has 192 valence electrons. The standard InChI is InChI=1S/C26H25N3O7S/c1-32-19-8-7-16(10-20(19)33-2)14-27-28-26-29(15-18-6-5-9-36-18)25(31)23(37-26)13-17-11-21(34-3)24(30)22(12-17)35-4/h5-14,30H,15H2,1-4H3/b23-13-,27-14-,28-26+. The molecule has 1 aromatic heterocycles. The lowest BCUT2D eigenvalue weighted by Gasteiger charge is -2.12. The Balaban J connectivity index is 1.65. The molecule has 10 nitrogen and oxygen atoms in total. The van der Waals surface area contributed by atoms with Gasteiger partial charge in [-0.05, 0) is 71.4 Å². The van der Waals surface area contributed by atoms with E-state index in [0.717, 1.165) is 5.56 Å². The lowest BCUT2D eigenvalue weighted by molar-refractivity contribution is -0.122. The molecular weight excluding hydrogens is 498 g/mol. The Kier molecular flexibility index (Phi) is 8.04. The van der Waals surface area contributed by atoms with Gasteiger partial charge in [0.25, 0.3) is 5.91 Å². The highest BCUT2D eigenvalue weighted by Crippen LogP contribution is 2.40. The molecule has 0 radical (unpaired) electrons. The van der Waals surface area contributed by atoms with Crippen molar-refractivity contribution in [2.45, 2.75) is 6.54 Å². The van der Waals surface area contributed by atoms with Crippen LogP contribution in [0.25, 0.3) is 6.08 Å². The molecule has 11 heteroatoms. The van der Waals surface area contributed by atoms with E-state index in [9.17, 15) is 9.90 Å². The maximum absolute atomic E-state index is 13.3. The van der Waals surface area contributed by atoms with E-state index in [1.165, 1.54) is 30.9 Å². The number of methoxy groups -OCH3 is 4. The van der Waals surface area contributed by atoms with Crippen LogP contribution >= 0.6 is 11.8 Å². The number of hydrogen-bond donors (Lipinski definition) is 1. The van der Waals surface area contributed by atoms with Crippen molar-refractivity contribution in [1.29, 1.82) is 0 Å². The number of nitrogens with zero attached hydrogens (tertiary/aromatic N) is 3. The molecule has 37 heavy (non-hydrogen) atoms. The number of rotatable bonds is 9. The molecule has 0 spiro atoms. The number of phenols is 1. The van der Waals surface area contributed by atoms with Crippen LogP contribution in [0.15, 0.2) is 68.3 Å². The van der Waals surface area contributed by atoms with Crippen LogP contribution in [0.4, 0.5) is 0 Å². The van der Waals surface area contributed by atoms with Gasteiger partial charge in [0.2, 0.25) is 5.75 Å². The number of furan rings is 1. The van der Waals surface area contributed by atoms with Crippen molar-refractivity contribution in [3.05, 3.63) is 70.5 Å². The highest BCUT2D eigenvalue weighted by molar-refractivity contribution is 8.18. The molecular formula is C26H25N3O7S. The number of amidine groups is 1. The Labute approximate surface area is 217 Å². The van der Waals surface area contributed by atoms with E-state index in [1.807, 2.05) is 6.07 Å². The maximum Gasteiger partial charge on any atom is 0.267 e. The average Bonchev–Trinajstić information content (AvgIpc) is 3.53. The molecule has 1 N–H and O–H groups in total. The fourth-order valence-electron chi connectivity index (χ4n) is 3.51. The first-order valence-corrected chi connectivity index (χ1v) is 11.8. The predicted octanol–water partition coefficient (Wildman–Crippen LogP) is 4.53. The monoisotopic (exact) mass is 523 g/mol. The molecule has 0 bridgehead atoms. The van der Waals surface area contributed by atoms with E-state index in [0.29, 0.717) is 32.9 Å². The van der Waals surface area contributed by atoms with Gasteiger partial charge in [-0.15, -0.1) is 5.10 Å². The molecule has 0 saturated carbocycles. The minimum absolute atomic E-state index is 0.122. The Bertz CT molecular complexity index is 1340. The first-order chi connectivity index (χ1) is 18.0. The van der Waals surface area contributed by atoms with Gasteiger partial charge in [-0.25, -0.2) is 0 Å². The number of hydrogen-bond acceptors (Lipinski definition) is 10. The van der Waals surface area contributed by atoms with E-state index in [4.69, 9.17) is 23.4 Å². The summed E-state index contributed by atoms with van der Waals surface area (Å²) in [6, 6.07) is 12.1. The van der Waals surface area contributed by atoms with Gasteiger partial charge in [-0.2, -0.15) is 5.10 Å². The van der Waals surface area contributed by atoms with Crippen LogP contribution in [0, 0.1) is 0 Å². The molecule has 1 fully saturated rings. The quantitative estimate of drug-likeness (QED) is 0.247. The van der Waals surface area contributed by atoms with E-state index in [-0.39, 0.29) is 29.7 Å². The largest absolute Gasteiger partial charge is 0.502 e. The summed E-state index contributed by atoms with van der Waals surface area (Å²) in [6.45, 7) is 0.184. The van der Waals surface area contributed by atoms with E-state index in [1.54, 1.807) is 69.2 Å². The third-order valence-electron chi connectivity index (χ3n) is 5.34. The minimum Gasteiger partial charge on any atom is -0.502 e. The van der Waals surface area contributed by atoms with Crippen molar-refractivity contribution in [1.82, 2.24) is 4.90 Å². The van der Waals surface area contributed by atoms with Crippen LogP contribution in [-0.2, 0) is 11.3 Å². The molecule has 1 aliphatic heterocycles. The Morgan fingerprint density at radius 2 is 1.62 bits per heavy atom. The molecule has 0 unspecified atom stereocenters. The van der Waals surface area contributed by atoms with Gasteiger partial charge >= 0.3 is 0 Å². The summed E-state index contributed by atoms with van der Waals surface area (Å²) in [7, 11) is 5.99. The number of thioether (sulfide) groups is 1. The molecule has 1 aliphatic rings. The summed E-state index contributed by atoms with van der Waals surface area (Å²) in [4.78, 5) is 15.2. The van der Waals surface area contributed by atoms with Crippen LogP contribution in [0.5, 0.6) is 28.7 Å². The van der Waals surface area contributed by atoms with Gasteiger partial charge in [-0.1, -0.05) is 0 Å². The molecule has 0 aliphatic carbocycles. The summed E-state index contributed by atoms with van der Waals surface area (Å²) in [6.07, 6.45) is 4.77. The number of amides is 1. The second-order valence-electron chi connectivity index (χ2n) is 7.60. The van der Waals surface area contributed by atoms with Crippen molar-refractivity contribution in [2.75, 3.05) is 28.4 Å². The van der Waals surface area contributed by atoms with Gasteiger partial charge in [0, 0.05) is 0 Å². The average molecular weight is 524 g/mol. The summed E-state index contributed by atoms with van der Waals surface area (Å²) < 4.78 is 26.5. The van der Waals surface area contributed by atoms with Crippen molar-refractivity contribution in [3.8, 4) is 28.7 Å². The molecule has 4 rings (SSSR count). The maximum atomic E-state index is 13.3. The third kappa shape index (κ3) is 5.72. The highest BCUT2D eigenvalue weighted by atomic mass is 32.2. The van der Waals surface area contributed by atoms with E-state index < -0.39 is 0 Å². The normalized spacial score (nSPS) is 15.7. The van der Waals surface area contributed by atoms with Gasteiger partial charge in [0.15, 0.2) is 28.2 Å². The summed E-state index contributed by atoms with van der Waals surface area (Å²) in [5.74, 6) is 1.82. The minimum atomic E-state index is -0.271. The number of aromatic hydroxyl groups is 1. The summed E-state index contributed by atoms with van der Waals surface area (Å²) >= 11 is 1.17. The van der Waals surface area contributed by atoms with Crippen LogP contribution in [0.3, 0.4) is 0 Å². The van der Waals surface area contributed by atoms with E-state index >= 15 is 0 Å². The highest BCUT2D eigenvalue weighted by Gasteiger charge is 2.34. The molecule has 2 heterocycles. The van der Waals surface area contributed by atoms with Crippen LogP contribution in [-0.4, -0.2) is 55.7 Å². The van der Waals surface area contributed by atoms with Crippen molar-refractivity contribution >= 4 is 35.1 Å². The number of carbonyl (C=O) groups is 1. The van der Waals surface area contributed by atoms with Gasteiger partial charge < -0.3 is 28.5 Å². The molecule has 0 atom stereocenters. The zero-order valence-electron chi connectivity index (χ0n) is 20.6. The number of phenolic OH excluding ortho intramolecular Hbond substituents is 1. The second-order valence-corrected chi connectivity index (χ2v) is 8.61. The van der Waals surface area contributed by atoms with E-state index in [2.05, 4.69) is 10.2 Å². The Morgan fingerprint density at radius 3 is 2.24 bits per heavy atom. The van der Waals surface area contributed by atoms with Crippen LogP contribution < -0.4 is 18.9 Å². The van der Waals surface area contributed by atoms with Crippen LogP contribution in [0.2, 0.25) is 0 Å². The van der Waals surface area contributed by atoms with Crippen molar-refractivity contribution < 1.29 is 33.3 Å². The lowest BCUT2D eigenvalue weighted by atomic mass is 10.1. The number of carbonyl (C=O) groups excluding carboxylic acids is 1. The number of benzene rings is 2. The molecule has 3 aromatic rings.